The van der Waals surface area contributed by atoms with Crippen LogP contribution >= 0.6 is 11.3 Å². The van der Waals surface area contributed by atoms with Crippen LogP contribution in [0.5, 0.6) is 0 Å². The molecule has 5 nitrogen and oxygen atoms in total. The molecule has 1 amide bonds. The Kier molecular flexibility index (Phi) is 3.90. The van der Waals surface area contributed by atoms with E-state index in [1.165, 1.54) is 10.4 Å². The van der Waals surface area contributed by atoms with Crippen LogP contribution in [-0.2, 0) is 13.0 Å². The predicted molar refractivity (Wildman–Crippen MR) is 77.3 cm³/mol. The third-order valence-corrected chi connectivity index (χ3v) is 4.24. The van der Waals surface area contributed by atoms with E-state index in [-0.39, 0.29) is 11.6 Å². The van der Waals surface area contributed by atoms with Crippen LogP contribution in [0.15, 0.2) is 6.07 Å². The number of H-pyrrole nitrogens is 1. The average Bonchev–Trinajstić information content (AvgIpc) is 2.90. The van der Waals surface area contributed by atoms with E-state index < -0.39 is 0 Å². The van der Waals surface area contributed by atoms with Crippen LogP contribution < -0.4 is 11.1 Å². The Hall–Kier alpha value is -1.82. The molecule has 2 heterocycles. The molecule has 0 radical (unpaired) electrons. The van der Waals surface area contributed by atoms with Crippen LogP contribution in [0.25, 0.3) is 0 Å². The molecule has 6 heteroatoms. The molecular weight excluding hydrogens is 260 g/mol. The van der Waals surface area contributed by atoms with E-state index in [4.69, 9.17) is 5.73 Å². The molecule has 0 aromatic carbocycles. The number of carbonyl (C=O) groups excluding carboxylic acids is 1. The number of nitrogen functional groups attached to an aromatic ring is 1. The molecule has 2 aromatic rings. The molecule has 0 spiro atoms. The summed E-state index contributed by atoms with van der Waals surface area (Å²) in [6, 6.07) is 2.09. The number of thiophene rings is 1. The van der Waals surface area contributed by atoms with Gasteiger partial charge in [-0.15, -0.1) is 11.3 Å². The Morgan fingerprint density at radius 1 is 1.53 bits per heavy atom. The normalized spacial score (nSPS) is 10.7. The first-order valence-corrected chi connectivity index (χ1v) is 7.01. The van der Waals surface area contributed by atoms with E-state index in [1.54, 1.807) is 11.3 Å². The highest BCUT2D eigenvalue weighted by Crippen LogP contribution is 2.20. The minimum atomic E-state index is -0.239. The molecule has 0 fully saturated rings. The second kappa shape index (κ2) is 5.44. The lowest BCUT2D eigenvalue weighted by Crippen LogP contribution is -2.23. The highest BCUT2D eigenvalue weighted by atomic mass is 32.1. The van der Waals surface area contributed by atoms with Gasteiger partial charge in [0.05, 0.1) is 17.9 Å². The van der Waals surface area contributed by atoms with Crippen molar-refractivity contribution < 1.29 is 4.79 Å². The Labute approximate surface area is 116 Å². The number of hydrogen-bond acceptors (Lipinski definition) is 4. The van der Waals surface area contributed by atoms with Gasteiger partial charge in [0, 0.05) is 9.75 Å². The molecule has 4 N–H and O–H groups in total. The van der Waals surface area contributed by atoms with Crippen molar-refractivity contribution in [2.24, 2.45) is 0 Å². The second-order valence-electron chi connectivity index (χ2n) is 4.45. The van der Waals surface area contributed by atoms with Crippen molar-refractivity contribution in [3.8, 4) is 0 Å². The van der Waals surface area contributed by atoms with Gasteiger partial charge in [-0.05, 0) is 31.9 Å². The number of amides is 1. The van der Waals surface area contributed by atoms with E-state index in [0.717, 1.165) is 17.0 Å². The summed E-state index contributed by atoms with van der Waals surface area (Å²) in [5.41, 5.74) is 8.63. The number of hydrogen-bond donors (Lipinski definition) is 3. The number of nitrogens with zero attached hydrogens (tertiary/aromatic N) is 1. The molecular formula is C13H18N4OS. The number of rotatable bonds is 4. The summed E-state index contributed by atoms with van der Waals surface area (Å²) in [6.07, 6.45) is 0.732. The number of carbonyl (C=O) groups is 1. The summed E-state index contributed by atoms with van der Waals surface area (Å²) in [4.78, 5) is 14.4. The van der Waals surface area contributed by atoms with Crippen LogP contribution in [0.1, 0.15) is 38.4 Å². The van der Waals surface area contributed by atoms with Crippen molar-refractivity contribution in [3.05, 3.63) is 32.8 Å². The Bertz CT molecular complexity index is 580. The van der Waals surface area contributed by atoms with Crippen LogP contribution in [0.2, 0.25) is 0 Å². The lowest BCUT2D eigenvalue weighted by molar-refractivity contribution is 0.0947. The zero-order chi connectivity index (χ0) is 14.0. The van der Waals surface area contributed by atoms with Gasteiger partial charge >= 0.3 is 0 Å². The van der Waals surface area contributed by atoms with Gasteiger partial charge in [0.1, 0.15) is 0 Å². The summed E-state index contributed by atoms with van der Waals surface area (Å²) in [5, 5.41) is 9.59. The predicted octanol–water partition coefficient (Wildman–Crippen LogP) is 2.16. The zero-order valence-electron chi connectivity index (χ0n) is 11.3. The number of nitrogens with one attached hydrogen (secondary N) is 2. The molecule has 0 aliphatic heterocycles. The number of nitrogens with two attached hydrogens (primary N) is 1. The molecule has 0 bridgehead atoms. The van der Waals surface area contributed by atoms with E-state index >= 15 is 0 Å². The first-order chi connectivity index (χ1) is 9.02. The molecule has 0 unspecified atom stereocenters. The molecule has 0 aliphatic carbocycles. The summed E-state index contributed by atoms with van der Waals surface area (Å²) in [6.45, 7) is 6.61. The summed E-state index contributed by atoms with van der Waals surface area (Å²) in [5.74, 6) is -0.239. The molecule has 102 valence electrons. The summed E-state index contributed by atoms with van der Waals surface area (Å²) >= 11 is 1.69. The van der Waals surface area contributed by atoms with Crippen molar-refractivity contribution in [2.45, 2.75) is 33.7 Å². The molecule has 2 rings (SSSR count). The van der Waals surface area contributed by atoms with E-state index in [9.17, 15) is 4.79 Å². The highest BCUT2D eigenvalue weighted by molar-refractivity contribution is 7.12. The molecule has 19 heavy (non-hydrogen) atoms. The summed E-state index contributed by atoms with van der Waals surface area (Å²) in [7, 11) is 0. The van der Waals surface area contributed by atoms with Gasteiger partial charge < -0.3 is 11.1 Å². The standard InChI is InChI=1S/C13H18N4OS/c1-4-10-11(14)12(17-16-10)13(18)15-6-9-5-7(2)8(3)19-9/h5H,4,6,14H2,1-3H3,(H,15,18)(H,16,17). The van der Waals surface area contributed by atoms with Crippen molar-refractivity contribution in [1.29, 1.82) is 0 Å². The van der Waals surface area contributed by atoms with Gasteiger partial charge in [0.25, 0.3) is 5.91 Å². The third kappa shape index (κ3) is 2.78. The topological polar surface area (TPSA) is 83.8 Å². The maximum absolute atomic E-state index is 12.0. The number of aryl methyl sites for hydroxylation is 3. The van der Waals surface area contributed by atoms with Crippen LogP contribution in [0, 0.1) is 13.8 Å². The average molecular weight is 278 g/mol. The smallest absolute Gasteiger partial charge is 0.274 e. The fourth-order valence-electron chi connectivity index (χ4n) is 1.82. The SMILES string of the molecule is CCc1[nH]nc(C(=O)NCc2cc(C)c(C)s2)c1N. The third-order valence-electron chi connectivity index (χ3n) is 3.09. The number of anilines is 1. The maximum atomic E-state index is 12.0. The Morgan fingerprint density at radius 2 is 2.26 bits per heavy atom. The highest BCUT2D eigenvalue weighted by Gasteiger charge is 2.16. The van der Waals surface area contributed by atoms with Gasteiger partial charge in [0.2, 0.25) is 0 Å². The molecule has 0 aliphatic rings. The van der Waals surface area contributed by atoms with E-state index in [0.29, 0.717) is 12.2 Å². The fraction of sp³-hybridized carbons (Fsp3) is 0.385. The minimum Gasteiger partial charge on any atom is -0.395 e. The van der Waals surface area contributed by atoms with Gasteiger partial charge in [-0.1, -0.05) is 6.92 Å². The van der Waals surface area contributed by atoms with Crippen molar-refractivity contribution in [3.63, 3.8) is 0 Å². The quantitative estimate of drug-likeness (QED) is 0.801. The van der Waals surface area contributed by atoms with Crippen LogP contribution in [0.3, 0.4) is 0 Å². The lowest BCUT2D eigenvalue weighted by Gasteiger charge is -2.01. The zero-order valence-corrected chi connectivity index (χ0v) is 12.1. The van der Waals surface area contributed by atoms with Gasteiger partial charge in [-0.25, -0.2) is 0 Å². The first kappa shape index (κ1) is 13.6. The second-order valence-corrected chi connectivity index (χ2v) is 5.79. The molecule has 0 saturated heterocycles. The van der Waals surface area contributed by atoms with Crippen molar-refractivity contribution in [2.75, 3.05) is 5.73 Å². The van der Waals surface area contributed by atoms with Gasteiger partial charge in [-0.3, -0.25) is 9.89 Å². The Balaban J connectivity index is 2.03. The minimum absolute atomic E-state index is 0.239. The van der Waals surface area contributed by atoms with E-state index in [1.807, 2.05) is 6.92 Å². The first-order valence-electron chi connectivity index (χ1n) is 6.19. The van der Waals surface area contributed by atoms with E-state index in [2.05, 4.69) is 35.4 Å². The fourth-order valence-corrected chi connectivity index (χ4v) is 2.81. The molecule has 0 atom stereocenters. The van der Waals surface area contributed by atoms with Crippen LogP contribution in [-0.4, -0.2) is 16.1 Å². The maximum Gasteiger partial charge on any atom is 0.274 e. The number of aromatic amines is 1. The number of aromatic nitrogens is 2. The van der Waals surface area contributed by atoms with Crippen molar-refractivity contribution >= 4 is 22.9 Å². The Morgan fingerprint density at radius 3 is 2.79 bits per heavy atom. The van der Waals surface area contributed by atoms with Gasteiger partial charge in [-0.2, -0.15) is 5.10 Å². The molecule has 2 aromatic heterocycles. The molecule has 0 saturated carbocycles. The van der Waals surface area contributed by atoms with Gasteiger partial charge in [0.15, 0.2) is 5.69 Å². The van der Waals surface area contributed by atoms with Crippen LogP contribution in [0.4, 0.5) is 5.69 Å². The monoisotopic (exact) mass is 278 g/mol. The summed E-state index contributed by atoms with van der Waals surface area (Å²) < 4.78 is 0. The van der Waals surface area contributed by atoms with Crippen molar-refractivity contribution in [1.82, 2.24) is 15.5 Å². The lowest BCUT2D eigenvalue weighted by atomic mass is 10.2. The largest absolute Gasteiger partial charge is 0.395 e.